The third-order valence-corrected chi connectivity index (χ3v) is 4.20. The molecule has 0 saturated heterocycles. The number of hydrogen-bond donors (Lipinski definition) is 2. The summed E-state index contributed by atoms with van der Waals surface area (Å²) >= 11 is 1.33. The molecule has 0 atom stereocenters. The fourth-order valence-electron chi connectivity index (χ4n) is 2.03. The summed E-state index contributed by atoms with van der Waals surface area (Å²) in [5.41, 5.74) is 6.65. The van der Waals surface area contributed by atoms with Crippen LogP contribution in [0.15, 0.2) is 47.8 Å². The average molecular weight is 311 g/mol. The third-order valence-electron chi connectivity index (χ3n) is 3.19. The Bertz CT molecular complexity index is 857. The smallest absolute Gasteiger partial charge is 0.266 e. The van der Waals surface area contributed by atoms with E-state index >= 15 is 0 Å². The number of nitrogens with zero attached hydrogens (tertiary/aromatic N) is 1. The molecule has 2 amide bonds. The summed E-state index contributed by atoms with van der Waals surface area (Å²) in [5.74, 6) is -0.782. The summed E-state index contributed by atoms with van der Waals surface area (Å²) in [7, 11) is 0. The summed E-state index contributed by atoms with van der Waals surface area (Å²) in [4.78, 5) is 28.8. The van der Waals surface area contributed by atoms with E-state index in [-0.39, 0.29) is 11.6 Å². The van der Waals surface area contributed by atoms with Crippen molar-refractivity contribution >= 4 is 34.1 Å². The van der Waals surface area contributed by atoms with Crippen molar-refractivity contribution in [1.29, 1.82) is 0 Å². The van der Waals surface area contributed by atoms with Gasteiger partial charge in [0, 0.05) is 5.39 Å². The van der Waals surface area contributed by atoms with Gasteiger partial charge in [-0.1, -0.05) is 24.3 Å². The number of pyridine rings is 1. The lowest BCUT2D eigenvalue weighted by molar-refractivity contribution is 0.0846. The number of hydrogen-bond acceptors (Lipinski definition) is 4. The van der Waals surface area contributed by atoms with E-state index in [1.165, 1.54) is 11.3 Å². The van der Waals surface area contributed by atoms with Crippen LogP contribution < -0.4 is 10.9 Å². The lowest BCUT2D eigenvalue weighted by atomic mass is 10.2. The van der Waals surface area contributed by atoms with E-state index < -0.39 is 5.91 Å². The lowest BCUT2D eigenvalue weighted by Gasteiger charge is -2.07. The molecule has 3 aromatic rings. The van der Waals surface area contributed by atoms with E-state index in [9.17, 15) is 9.59 Å². The first kappa shape index (κ1) is 14.2. The Kier molecular flexibility index (Phi) is 3.84. The number of aryl methyl sites for hydroxylation is 1. The minimum absolute atomic E-state index is 0.252. The van der Waals surface area contributed by atoms with E-state index in [0.717, 1.165) is 16.5 Å². The summed E-state index contributed by atoms with van der Waals surface area (Å²) in [6.45, 7) is 1.85. The molecule has 0 aliphatic heterocycles. The fraction of sp³-hybridized carbons (Fsp3) is 0.0625. The van der Waals surface area contributed by atoms with Gasteiger partial charge in [-0.2, -0.15) is 0 Å². The lowest BCUT2D eigenvalue weighted by Crippen LogP contribution is -2.41. The van der Waals surface area contributed by atoms with E-state index in [1.54, 1.807) is 6.07 Å². The van der Waals surface area contributed by atoms with Gasteiger partial charge >= 0.3 is 0 Å². The molecule has 2 N–H and O–H groups in total. The van der Waals surface area contributed by atoms with Crippen molar-refractivity contribution in [2.75, 3.05) is 0 Å². The van der Waals surface area contributed by atoms with Gasteiger partial charge in [0.15, 0.2) is 0 Å². The second kappa shape index (κ2) is 5.95. The Labute approximate surface area is 131 Å². The molecule has 0 spiro atoms. The summed E-state index contributed by atoms with van der Waals surface area (Å²) in [5, 5.41) is 2.79. The topological polar surface area (TPSA) is 71.1 Å². The molecule has 5 nitrogen and oxygen atoms in total. The van der Waals surface area contributed by atoms with Crippen molar-refractivity contribution in [1.82, 2.24) is 15.8 Å². The number of aromatic nitrogens is 1. The van der Waals surface area contributed by atoms with Gasteiger partial charge in [-0.15, -0.1) is 11.3 Å². The number of amides is 2. The van der Waals surface area contributed by atoms with Crippen molar-refractivity contribution in [3.05, 3.63) is 64.0 Å². The van der Waals surface area contributed by atoms with Crippen molar-refractivity contribution < 1.29 is 9.59 Å². The number of carbonyl (C=O) groups excluding carboxylic acids is 2. The number of thiophene rings is 1. The highest BCUT2D eigenvalue weighted by molar-refractivity contribution is 7.12. The molecule has 0 radical (unpaired) electrons. The van der Waals surface area contributed by atoms with Crippen molar-refractivity contribution in [2.24, 2.45) is 0 Å². The molecule has 22 heavy (non-hydrogen) atoms. The third kappa shape index (κ3) is 2.82. The molecule has 3 rings (SSSR count). The number of fused-ring (bicyclic) bond motifs is 1. The molecule has 0 aliphatic rings. The second-order valence-electron chi connectivity index (χ2n) is 4.73. The zero-order valence-electron chi connectivity index (χ0n) is 11.8. The molecular formula is C16H13N3O2S. The molecule has 2 heterocycles. The first-order chi connectivity index (χ1) is 10.6. The molecule has 0 aliphatic carbocycles. The molecule has 6 heteroatoms. The molecule has 1 aromatic carbocycles. The van der Waals surface area contributed by atoms with Crippen LogP contribution in [0.4, 0.5) is 0 Å². The van der Waals surface area contributed by atoms with E-state index in [2.05, 4.69) is 15.8 Å². The van der Waals surface area contributed by atoms with Crippen LogP contribution in [0.5, 0.6) is 0 Å². The van der Waals surface area contributed by atoms with Crippen LogP contribution in [-0.4, -0.2) is 16.8 Å². The fourth-order valence-corrected chi connectivity index (χ4v) is 2.85. The monoisotopic (exact) mass is 311 g/mol. The van der Waals surface area contributed by atoms with E-state index in [0.29, 0.717) is 4.88 Å². The highest BCUT2D eigenvalue weighted by Crippen LogP contribution is 2.15. The molecule has 0 saturated carbocycles. The number of nitrogens with one attached hydrogen (secondary N) is 2. The maximum Gasteiger partial charge on any atom is 0.288 e. The van der Waals surface area contributed by atoms with Crippen LogP contribution in [0.1, 0.15) is 25.7 Å². The first-order valence-electron chi connectivity index (χ1n) is 6.66. The Balaban J connectivity index is 1.71. The van der Waals surface area contributed by atoms with Crippen LogP contribution in [0, 0.1) is 6.92 Å². The largest absolute Gasteiger partial charge is 0.288 e. The number of hydrazine groups is 1. The van der Waals surface area contributed by atoms with Gasteiger partial charge < -0.3 is 0 Å². The van der Waals surface area contributed by atoms with Gasteiger partial charge in [-0.05, 0) is 36.1 Å². The summed E-state index contributed by atoms with van der Waals surface area (Å²) in [6.07, 6.45) is 0. The standard InChI is InChI=1S/C16H13N3O2S/c1-10-8-9-22-14(10)16(21)19-18-15(20)13-7-6-11-4-2-3-5-12(11)17-13/h2-9H,1H3,(H,18,20)(H,19,21). The first-order valence-corrected chi connectivity index (χ1v) is 7.53. The predicted molar refractivity (Wildman–Crippen MR) is 85.7 cm³/mol. The summed E-state index contributed by atoms with van der Waals surface area (Å²) in [6, 6.07) is 12.8. The average Bonchev–Trinajstić information content (AvgIpc) is 2.98. The van der Waals surface area contributed by atoms with Gasteiger partial charge in [0.25, 0.3) is 11.8 Å². The van der Waals surface area contributed by atoms with Crippen LogP contribution >= 0.6 is 11.3 Å². The van der Waals surface area contributed by atoms with Crippen molar-refractivity contribution in [2.45, 2.75) is 6.92 Å². The van der Waals surface area contributed by atoms with Gasteiger partial charge in [0.05, 0.1) is 10.4 Å². The van der Waals surface area contributed by atoms with Crippen molar-refractivity contribution in [3.63, 3.8) is 0 Å². The van der Waals surface area contributed by atoms with Crippen LogP contribution in [0.2, 0.25) is 0 Å². The number of rotatable bonds is 2. The van der Waals surface area contributed by atoms with Gasteiger partial charge in [-0.25, -0.2) is 4.98 Å². The molecule has 0 fully saturated rings. The minimum atomic E-state index is -0.451. The number of carbonyl (C=O) groups is 2. The maximum atomic E-state index is 12.1. The highest BCUT2D eigenvalue weighted by Gasteiger charge is 2.13. The zero-order valence-corrected chi connectivity index (χ0v) is 12.6. The predicted octanol–water partition coefficient (Wildman–Crippen LogP) is 2.68. The van der Waals surface area contributed by atoms with Crippen LogP contribution in [0.25, 0.3) is 10.9 Å². The van der Waals surface area contributed by atoms with Gasteiger partial charge in [0.2, 0.25) is 0 Å². The quantitative estimate of drug-likeness (QED) is 0.715. The minimum Gasteiger partial charge on any atom is -0.266 e. The van der Waals surface area contributed by atoms with Crippen LogP contribution in [-0.2, 0) is 0 Å². The van der Waals surface area contributed by atoms with E-state index in [1.807, 2.05) is 48.7 Å². The second-order valence-corrected chi connectivity index (χ2v) is 5.65. The molecular weight excluding hydrogens is 298 g/mol. The molecule has 0 bridgehead atoms. The van der Waals surface area contributed by atoms with Gasteiger partial charge in [0.1, 0.15) is 5.69 Å². The van der Waals surface area contributed by atoms with Crippen molar-refractivity contribution in [3.8, 4) is 0 Å². The van der Waals surface area contributed by atoms with E-state index in [4.69, 9.17) is 0 Å². The zero-order chi connectivity index (χ0) is 15.5. The number of para-hydroxylation sites is 1. The Morgan fingerprint density at radius 2 is 1.77 bits per heavy atom. The maximum absolute atomic E-state index is 12.1. The SMILES string of the molecule is Cc1ccsc1C(=O)NNC(=O)c1ccc2ccccc2n1. The Hall–Kier alpha value is -2.73. The highest BCUT2D eigenvalue weighted by atomic mass is 32.1. The normalized spacial score (nSPS) is 10.4. The molecule has 0 unspecified atom stereocenters. The summed E-state index contributed by atoms with van der Waals surface area (Å²) < 4.78 is 0. The Morgan fingerprint density at radius 3 is 2.55 bits per heavy atom. The molecule has 110 valence electrons. The molecule has 2 aromatic heterocycles. The Morgan fingerprint density at radius 1 is 1.00 bits per heavy atom. The number of benzene rings is 1. The van der Waals surface area contributed by atoms with Gasteiger partial charge in [-0.3, -0.25) is 20.4 Å². The van der Waals surface area contributed by atoms with Crippen LogP contribution in [0.3, 0.4) is 0 Å².